The fourth-order valence-corrected chi connectivity index (χ4v) is 2.99. The maximum atomic E-state index is 6.07. The van der Waals surface area contributed by atoms with E-state index in [4.69, 9.17) is 10.5 Å². The van der Waals surface area contributed by atoms with Crippen molar-refractivity contribution in [1.82, 2.24) is 4.90 Å². The normalized spacial score (nSPS) is 15.3. The van der Waals surface area contributed by atoms with E-state index in [1.165, 1.54) is 19.3 Å². The number of nitrogens with zero attached hydrogens (tertiary/aromatic N) is 2. The third kappa shape index (κ3) is 4.28. The molecule has 0 radical (unpaired) electrons. The number of hydrogen-bond acceptors (Lipinski definition) is 2. The van der Waals surface area contributed by atoms with E-state index in [0.29, 0.717) is 19.1 Å². The van der Waals surface area contributed by atoms with Crippen LogP contribution in [0.25, 0.3) is 11.1 Å². The van der Waals surface area contributed by atoms with Gasteiger partial charge in [-0.2, -0.15) is 0 Å². The van der Waals surface area contributed by atoms with Crippen LogP contribution in [0, 0.1) is 0 Å². The smallest absolute Gasteiger partial charge is 0.191 e. The number of likely N-dealkylation sites (tertiary alicyclic amines) is 1. The molecule has 1 saturated heterocycles. The maximum absolute atomic E-state index is 6.07. The average molecular weight is 323 g/mol. The van der Waals surface area contributed by atoms with Gasteiger partial charge in [0, 0.05) is 18.7 Å². The molecule has 2 N–H and O–H groups in total. The van der Waals surface area contributed by atoms with E-state index < -0.39 is 0 Å². The van der Waals surface area contributed by atoms with Crippen LogP contribution < -0.4 is 10.5 Å². The number of nitrogens with two attached hydrogens (primary N) is 1. The Morgan fingerprint density at radius 3 is 2.46 bits per heavy atom. The molecule has 2 aromatic carbocycles. The third-order valence-electron chi connectivity index (χ3n) is 4.27. The number of ether oxygens (including phenoxy) is 1. The Morgan fingerprint density at radius 1 is 0.958 bits per heavy atom. The summed E-state index contributed by atoms with van der Waals surface area (Å²) in [4.78, 5) is 6.63. The minimum atomic E-state index is 0.526. The number of guanidine groups is 1. The Bertz CT molecular complexity index is 664. The lowest BCUT2D eigenvalue weighted by Gasteiger charge is -2.27. The van der Waals surface area contributed by atoms with E-state index in [2.05, 4.69) is 28.1 Å². The highest BCUT2D eigenvalue weighted by Gasteiger charge is 2.11. The molecule has 0 aliphatic carbocycles. The predicted molar refractivity (Wildman–Crippen MR) is 99.3 cm³/mol. The Balaban J connectivity index is 1.57. The van der Waals surface area contributed by atoms with Gasteiger partial charge in [-0.25, -0.2) is 4.99 Å². The van der Waals surface area contributed by atoms with E-state index in [9.17, 15) is 0 Å². The number of hydrogen-bond donors (Lipinski definition) is 1. The molecule has 0 atom stereocenters. The third-order valence-corrected chi connectivity index (χ3v) is 4.27. The van der Waals surface area contributed by atoms with Crippen LogP contribution in [0.15, 0.2) is 59.6 Å². The van der Waals surface area contributed by atoms with Gasteiger partial charge in [0.15, 0.2) is 5.96 Å². The molecule has 0 unspecified atom stereocenters. The van der Waals surface area contributed by atoms with Crippen molar-refractivity contribution in [3.8, 4) is 16.9 Å². The minimum Gasteiger partial charge on any atom is -0.491 e. The first-order valence-electron chi connectivity index (χ1n) is 8.67. The molecule has 24 heavy (non-hydrogen) atoms. The molecule has 1 aliphatic rings. The quantitative estimate of drug-likeness (QED) is 0.520. The first-order valence-corrected chi connectivity index (χ1v) is 8.67. The number of aliphatic imine (C=N–C) groups is 1. The zero-order valence-electron chi connectivity index (χ0n) is 14.0. The highest BCUT2D eigenvalue weighted by atomic mass is 16.5. The summed E-state index contributed by atoms with van der Waals surface area (Å²) in [6, 6.07) is 18.4. The Kier molecular flexibility index (Phi) is 5.72. The summed E-state index contributed by atoms with van der Waals surface area (Å²) < 4.78 is 5.95. The van der Waals surface area contributed by atoms with Crippen LogP contribution in [0.1, 0.15) is 19.3 Å². The number of benzene rings is 2. The second-order valence-electron chi connectivity index (χ2n) is 6.00. The summed E-state index contributed by atoms with van der Waals surface area (Å²) in [5.41, 5.74) is 8.33. The maximum Gasteiger partial charge on any atom is 0.191 e. The van der Waals surface area contributed by atoms with Gasteiger partial charge in [-0.3, -0.25) is 0 Å². The van der Waals surface area contributed by atoms with E-state index >= 15 is 0 Å². The van der Waals surface area contributed by atoms with Crippen molar-refractivity contribution < 1.29 is 4.74 Å². The zero-order chi connectivity index (χ0) is 16.6. The molecule has 0 bridgehead atoms. The topological polar surface area (TPSA) is 50.9 Å². The summed E-state index contributed by atoms with van der Waals surface area (Å²) in [6.45, 7) is 3.14. The summed E-state index contributed by atoms with van der Waals surface area (Å²) in [5.74, 6) is 1.53. The second-order valence-corrected chi connectivity index (χ2v) is 6.00. The number of rotatable bonds is 5. The summed E-state index contributed by atoms with van der Waals surface area (Å²) in [7, 11) is 0. The molecule has 1 heterocycles. The van der Waals surface area contributed by atoms with Crippen molar-refractivity contribution in [2.75, 3.05) is 26.2 Å². The molecule has 2 aromatic rings. The van der Waals surface area contributed by atoms with Gasteiger partial charge in [0.25, 0.3) is 0 Å². The van der Waals surface area contributed by atoms with Crippen LogP contribution in [0.5, 0.6) is 5.75 Å². The summed E-state index contributed by atoms with van der Waals surface area (Å²) in [6.07, 6.45) is 3.71. The fourth-order valence-electron chi connectivity index (χ4n) is 2.99. The lowest BCUT2D eigenvalue weighted by atomic mass is 10.1. The molecule has 0 amide bonds. The van der Waals surface area contributed by atoms with Gasteiger partial charge < -0.3 is 15.4 Å². The van der Waals surface area contributed by atoms with Gasteiger partial charge in [-0.15, -0.1) is 0 Å². The van der Waals surface area contributed by atoms with E-state index in [1.807, 2.05) is 36.4 Å². The molecule has 1 fully saturated rings. The lowest BCUT2D eigenvalue weighted by molar-refractivity contribution is 0.322. The average Bonchev–Trinajstić information content (AvgIpc) is 2.67. The molecule has 0 spiro atoms. The molecule has 126 valence electrons. The second kappa shape index (κ2) is 8.39. The van der Waals surface area contributed by atoms with E-state index in [0.717, 1.165) is 30.0 Å². The highest BCUT2D eigenvalue weighted by Crippen LogP contribution is 2.29. The largest absolute Gasteiger partial charge is 0.491 e. The molecule has 1 aliphatic heterocycles. The van der Waals surface area contributed by atoms with Gasteiger partial charge >= 0.3 is 0 Å². The Labute approximate surface area is 144 Å². The molecule has 4 nitrogen and oxygen atoms in total. The molecule has 0 saturated carbocycles. The van der Waals surface area contributed by atoms with Gasteiger partial charge in [0.05, 0.1) is 6.54 Å². The van der Waals surface area contributed by atoms with Crippen LogP contribution in [-0.4, -0.2) is 37.1 Å². The first kappa shape index (κ1) is 16.4. The van der Waals surface area contributed by atoms with Gasteiger partial charge in [-0.1, -0.05) is 48.5 Å². The summed E-state index contributed by atoms with van der Waals surface area (Å²) >= 11 is 0. The van der Waals surface area contributed by atoms with E-state index in [1.54, 1.807) is 0 Å². The molecular weight excluding hydrogens is 298 g/mol. The van der Waals surface area contributed by atoms with Crippen molar-refractivity contribution in [3.63, 3.8) is 0 Å². The Hall–Kier alpha value is -2.49. The molecule has 3 rings (SSSR count). The standard InChI is InChI=1S/C20H25N3O/c21-20(23-14-7-2-8-15-23)22-13-16-24-19-12-6-5-11-18(19)17-9-3-1-4-10-17/h1,3-6,9-12H,2,7-8,13-16H2,(H2,21,22). The first-order chi connectivity index (χ1) is 11.8. The van der Waals surface area contributed by atoms with Crippen LogP contribution >= 0.6 is 0 Å². The Morgan fingerprint density at radius 2 is 1.67 bits per heavy atom. The lowest BCUT2D eigenvalue weighted by Crippen LogP contribution is -2.41. The van der Waals surface area contributed by atoms with Crippen molar-refractivity contribution >= 4 is 5.96 Å². The van der Waals surface area contributed by atoms with Crippen molar-refractivity contribution in [2.45, 2.75) is 19.3 Å². The summed E-state index contributed by atoms with van der Waals surface area (Å²) in [5, 5.41) is 0. The van der Waals surface area contributed by atoms with Crippen molar-refractivity contribution in [2.24, 2.45) is 10.7 Å². The van der Waals surface area contributed by atoms with Gasteiger partial charge in [-0.05, 0) is 30.9 Å². The molecule has 0 aromatic heterocycles. The molecule has 4 heteroatoms. The van der Waals surface area contributed by atoms with Crippen LogP contribution in [0.2, 0.25) is 0 Å². The van der Waals surface area contributed by atoms with Crippen LogP contribution in [-0.2, 0) is 0 Å². The van der Waals surface area contributed by atoms with Gasteiger partial charge in [0.1, 0.15) is 12.4 Å². The highest BCUT2D eigenvalue weighted by molar-refractivity contribution is 5.78. The zero-order valence-corrected chi connectivity index (χ0v) is 14.0. The van der Waals surface area contributed by atoms with E-state index in [-0.39, 0.29) is 0 Å². The predicted octanol–water partition coefficient (Wildman–Crippen LogP) is 3.53. The van der Waals surface area contributed by atoms with Crippen molar-refractivity contribution in [1.29, 1.82) is 0 Å². The van der Waals surface area contributed by atoms with Crippen molar-refractivity contribution in [3.05, 3.63) is 54.6 Å². The van der Waals surface area contributed by atoms with Crippen LogP contribution in [0.4, 0.5) is 0 Å². The number of para-hydroxylation sites is 1. The number of piperidine rings is 1. The fraction of sp³-hybridized carbons (Fsp3) is 0.350. The monoisotopic (exact) mass is 323 g/mol. The minimum absolute atomic E-state index is 0.526. The molecular formula is C20H25N3O. The van der Waals surface area contributed by atoms with Gasteiger partial charge in [0.2, 0.25) is 0 Å². The van der Waals surface area contributed by atoms with Crippen LogP contribution in [0.3, 0.4) is 0 Å². The SMILES string of the molecule is NC(=NCCOc1ccccc1-c1ccccc1)N1CCCCC1.